The quantitative estimate of drug-likeness (QED) is 0.566. The Hall–Kier alpha value is -1.77. The Labute approximate surface area is 168 Å². The molecule has 0 spiro atoms. The van der Waals surface area contributed by atoms with Crippen molar-refractivity contribution in [1.29, 1.82) is 0 Å². The summed E-state index contributed by atoms with van der Waals surface area (Å²) in [4.78, 5) is 35.2. The van der Waals surface area contributed by atoms with Crippen molar-refractivity contribution in [3.05, 3.63) is 41.0 Å². The van der Waals surface area contributed by atoms with Gasteiger partial charge >= 0.3 is 13.9 Å². The summed E-state index contributed by atoms with van der Waals surface area (Å²) in [6, 6.07) is 7.02. The number of hydrogen-bond acceptors (Lipinski definition) is 6. The van der Waals surface area contributed by atoms with Crippen LogP contribution in [0.25, 0.3) is 10.4 Å². The molecule has 0 aliphatic heterocycles. The van der Waals surface area contributed by atoms with E-state index in [1.165, 1.54) is 0 Å². The van der Waals surface area contributed by atoms with Crippen LogP contribution in [-0.4, -0.2) is 33.1 Å². The minimum Gasteiger partial charge on any atom is -0.444 e. The third-order valence-electron chi connectivity index (χ3n) is 3.68. The predicted molar refractivity (Wildman–Crippen MR) is 107 cm³/mol. The molecule has 154 valence electrons. The van der Waals surface area contributed by atoms with Crippen molar-refractivity contribution in [2.24, 2.45) is 0 Å². The fourth-order valence-corrected chi connectivity index (χ4v) is 3.66. The van der Waals surface area contributed by atoms with E-state index in [1.54, 1.807) is 37.6 Å². The van der Waals surface area contributed by atoms with Gasteiger partial charge < -0.3 is 19.8 Å². The molecule has 2 rings (SSSR count). The second-order valence-electron chi connectivity index (χ2n) is 7.20. The number of aromatic nitrogens is 1. The number of phosphoric ester groups is 1. The van der Waals surface area contributed by atoms with E-state index in [1.807, 2.05) is 31.2 Å². The van der Waals surface area contributed by atoms with Crippen molar-refractivity contribution < 1.29 is 28.4 Å². The number of alkyl carbamates (subject to hydrolysis) is 1. The summed E-state index contributed by atoms with van der Waals surface area (Å²) in [5.74, 6) is 0. The van der Waals surface area contributed by atoms with Crippen LogP contribution in [0.5, 0.6) is 0 Å². The molecule has 1 atom stereocenters. The Bertz CT molecular complexity index is 841. The highest BCUT2D eigenvalue weighted by Crippen LogP contribution is 2.36. The SMILES string of the molecule is Cc1ncsc1-c1ccc([C@H](CCOP(=O)(O)O)NC(=O)OC(C)(C)C)cc1. The van der Waals surface area contributed by atoms with Gasteiger partial charge in [0.15, 0.2) is 0 Å². The van der Waals surface area contributed by atoms with Crippen molar-refractivity contribution in [3.63, 3.8) is 0 Å². The highest BCUT2D eigenvalue weighted by Gasteiger charge is 2.22. The van der Waals surface area contributed by atoms with Gasteiger partial charge in [-0.05, 0) is 45.2 Å². The molecule has 10 heteroatoms. The van der Waals surface area contributed by atoms with Crippen LogP contribution in [0.1, 0.15) is 44.5 Å². The minimum atomic E-state index is -4.58. The summed E-state index contributed by atoms with van der Waals surface area (Å²) in [5, 5.41) is 2.74. The van der Waals surface area contributed by atoms with Gasteiger partial charge in [0.1, 0.15) is 5.60 Å². The number of benzene rings is 1. The number of ether oxygens (including phenoxy) is 1. The number of carbonyl (C=O) groups excluding carboxylic acids is 1. The average Bonchev–Trinajstić information content (AvgIpc) is 2.97. The summed E-state index contributed by atoms with van der Waals surface area (Å²) in [6.07, 6.45) is -0.445. The van der Waals surface area contributed by atoms with Crippen LogP contribution in [0.4, 0.5) is 4.79 Å². The van der Waals surface area contributed by atoms with Crippen LogP contribution in [0.15, 0.2) is 29.8 Å². The maximum atomic E-state index is 12.2. The van der Waals surface area contributed by atoms with Gasteiger partial charge in [-0.1, -0.05) is 24.3 Å². The largest absolute Gasteiger partial charge is 0.469 e. The number of phosphoric acid groups is 1. The van der Waals surface area contributed by atoms with Crippen LogP contribution in [0.3, 0.4) is 0 Å². The summed E-state index contributed by atoms with van der Waals surface area (Å²) in [7, 11) is -4.58. The van der Waals surface area contributed by atoms with Gasteiger partial charge in [0, 0.05) is 0 Å². The number of amides is 1. The third-order valence-corrected chi connectivity index (χ3v) is 5.17. The molecule has 1 aromatic heterocycles. The standard InChI is InChI=1S/C18H25N2O6PS/c1-12-16(28-11-19-12)14-7-5-13(6-8-14)15(9-10-25-27(22,23)24)20-17(21)26-18(2,3)4/h5-8,11,15H,9-10H2,1-4H3,(H,20,21)(H2,22,23,24)/t15-/m0/s1. The van der Waals surface area contributed by atoms with Gasteiger partial charge in [0.25, 0.3) is 0 Å². The molecule has 0 bridgehead atoms. The van der Waals surface area contributed by atoms with Gasteiger partial charge in [-0.15, -0.1) is 11.3 Å². The third kappa shape index (κ3) is 7.33. The molecule has 0 aliphatic rings. The minimum absolute atomic E-state index is 0.170. The molecular weight excluding hydrogens is 403 g/mol. The number of thiazole rings is 1. The van der Waals surface area contributed by atoms with E-state index in [0.717, 1.165) is 21.7 Å². The van der Waals surface area contributed by atoms with Crippen molar-refractivity contribution in [2.45, 2.75) is 45.8 Å². The molecule has 8 nitrogen and oxygen atoms in total. The smallest absolute Gasteiger partial charge is 0.444 e. The number of hydrogen-bond donors (Lipinski definition) is 3. The van der Waals surface area contributed by atoms with Crippen molar-refractivity contribution in [3.8, 4) is 10.4 Å². The first-order valence-corrected chi connectivity index (χ1v) is 11.1. The average molecular weight is 428 g/mol. The van der Waals surface area contributed by atoms with E-state index in [4.69, 9.17) is 14.5 Å². The zero-order chi connectivity index (χ0) is 20.9. The maximum absolute atomic E-state index is 12.2. The molecule has 0 unspecified atom stereocenters. The Kier molecular flexibility index (Phi) is 7.36. The van der Waals surface area contributed by atoms with Crippen LogP contribution in [0, 0.1) is 6.92 Å². The second-order valence-corrected chi connectivity index (χ2v) is 9.29. The van der Waals surface area contributed by atoms with Gasteiger partial charge in [0.05, 0.1) is 28.7 Å². The number of aryl methyl sites for hydroxylation is 1. The van der Waals surface area contributed by atoms with Crippen molar-refractivity contribution >= 4 is 25.3 Å². The number of rotatable bonds is 7. The predicted octanol–water partition coefficient (Wildman–Crippen LogP) is 4.18. The molecule has 0 fully saturated rings. The zero-order valence-corrected chi connectivity index (χ0v) is 17.9. The lowest BCUT2D eigenvalue weighted by Crippen LogP contribution is -2.35. The molecule has 0 aliphatic carbocycles. The van der Waals surface area contributed by atoms with Crippen LogP contribution >= 0.6 is 19.2 Å². The Morgan fingerprint density at radius 2 is 1.93 bits per heavy atom. The first-order chi connectivity index (χ1) is 12.9. The Morgan fingerprint density at radius 1 is 1.29 bits per heavy atom. The molecular formula is C18H25N2O6PS. The van der Waals surface area contributed by atoms with Crippen LogP contribution in [-0.2, 0) is 13.8 Å². The molecule has 1 amide bonds. The van der Waals surface area contributed by atoms with Crippen molar-refractivity contribution in [1.82, 2.24) is 10.3 Å². The van der Waals surface area contributed by atoms with E-state index >= 15 is 0 Å². The Morgan fingerprint density at radius 3 is 2.43 bits per heavy atom. The fourth-order valence-electron chi connectivity index (χ4n) is 2.51. The number of carbonyl (C=O) groups is 1. The first kappa shape index (κ1) is 22.5. The lowest BCUT2D eigenvalue weighted by atomic mass is 10.0. The lowest BCUT2D eigenvalue weighted by molar-refractivity contribution is 0.0496. The summed E-state index contributed by atoms with van der Waals surface area (Å²) in [5.41, 5.74) is 3.84. The normalized spacial score (nSPS) is 13.2. The molecule has 28 heavy (non-hydrogen) atoms. The van der Waals surface area contributed by atoms with Gasteiger partial charge in [-0.25, -0.2) is 14.3 Å². The van der Waals surface area contributed by atoms with Gasteiger partial charge in [-0.3, -0.25) is 4.52 Å². The fraction of sp³-hybridized carbons (Fsp3) is 0.444. The maximum Gasteiger partial charge on any atom is 0.469 e. The summed E-state index contributed by atoms with van der Waals surface area (Å²) in [6.45, 7) is 6.98. The highest BCUT2D eigenvalue weighted by molar-refractivity contribution is 7.46. The topological polar surface area (TPSA) is 118 Å². The number of nitrogens with zero attached hydrogens (tertiary/aromatic N) is 1. The van der Waals surface area contributed by atoms with E-state index in [0.29, 0.717) is 0 Å². The molecule has 0 saturated carbocycles. The summed E-state index contributed by atoms with van der Waals surface area (Å²) < 4.78 is 20.7. The molecule has 3 N–H and O–H groups in total. The highest BCUT2D eigenvalue weighted by atomic mass is 32.1. The second kappa shape index (κ2) is 9.15. The molecule has 0 saturated heterocycles. The molecule has 2 aromatic rings. The van der Waals surface area contributed by atoms with Gasteiger partial charge in [-0.2, -0.15) is 0 Å². The lowest BCUT2D eigenvalue weighted by Gasteiger charge is -2.24. The van der Waals surface area contributed by atoms with Gasteiger partial charge in [0.2, 0.25) is 0 Å². The Balaban J connectivity index is 2.16. The molecule has 1 heterocycles. The number of nitrogens with one attached hydrogen (secondary N) is 1. The first-order valence-electron chi connectivity index (χ1n) is 8.64. The van der Waals surface area contributed by atoms with E-state index in [-0.39, 0.29) is 13.0 Å². The van der Waals surface area contributed by atoms with E-state index < -0.39 is 25.6 Å². The molecule has 0 radical (unpaired) electrons. The van der Waals surface area contributed by atoms with Crippen LogP contribution in [0.2, 0.25) is 0 Å². The molecule has 1 aromatic carbocycles. The zero-order valence-electron chi connectivity index (χ0n) is 16.2. The van der Waals surface area contributed by atoms with E-state index in [2.05, 4.69) is 14.8 Å². The monoisotopic (exact) mass is 428 g/mol. The van der Waals surface area contributed by atoms with Crippen LogP contribution < -0.4 is 5.32 Å². The van der Waals surface area contributed by atoms with Crippen molar-refractivity contribution in [2.75, 3.05) is 6.61 Å². The van der Waals surface area contributed by atoms with E-state index in [9.17, 15) is 9.36 Å². The summed E-state index contributed by atoms with van der Waals surface area (Å²) >= 11 is 1.54.